The minimum atomic E-state index is -1.47. The molecule has 3 aromatic heterocycles. The highest BCUT2D eigenvalue weighted by Gasteiger charge is 2.21. The number of aryl methyl sites for hydroxylation is 2. The van der Waals surface area contributed by atoms with Gasteiger partial charge in [0.05, 0.1) is 16.8 Å². The SMILES string of the molecule is [2H]C([2H])(c1ccc(-c2ccc(-c3c(C)ccc4c3oc3cc5ccccc5cc34)[n+](C)c2)nc1)C(C)(C)C. The molecular weight excluding hydrogens is 440 g/mol. The van der Waals surface area contributed by atoms with Gasteiger partial charge in [0, 0.05) is 25.8 Å². The molecule has 0 atom stereocenters. The van der Waals surface area contributed by atoms with Crippen molar-refractivity contribution < 1.29 is 11.7 Å². The second-order valence-corrected chi connectivity index (χ2v) is 10.7. The van der Waals surface area contributed by atoms with Crippen molar-refractivity contribution in [3.05, 3.63) is 96.3 Å². The average molecular weight is 474 g/mol. The molecule has 0 bridgehead atoms. The number of hydrogen-bond donors (Lipinski definition) is 0. The maximum Gasteiger partial charge on any atom is 0.216 e. The van der Waals surface area contributed by atoms with Crippen molar-refractivity contribution in [3.8, 4) is 22.5 Å². The van der Waals surface area contributed by atoms with Crippen LogP contribution in [-0.2, 0) is 13.4 Å². The number of hydrogen-bond acceptors (Lipinski definition) is 2. The maximum absolute atomic E-state index is 8.53. The van der Waals surface area contributed by atoms with E-state index in [1.54, 1.807) is 6.20 Å². The van der Waals surface area contributed by atoms with Gasteiger partial charge in [-0.2, -0.15) is 0 Å². The number of rotatable bonds is 3. The van der Waals surface area contributed by atoms with Crippen LogP contribution in [0.4, 0.5) is 0 Å². The van der Waals surface area contributed by atoms with Crippen molar-refractivity contribution in [1.82, 2.24) is 4.98 Å². The quantitative estimate of drug-likeness (QED) is 0.243. The molecule has 0 saturated heterocycles. The molecule has 0 aliphatic heterocycles. The molecule has 0 fully saturated rings. The topological polar surface area (TPSA) is 29.9 Å². The summed E-state index contributed by atoms with van der Waals surface area (Å²) < 4.78 is 25.7. The number of aromatic nitrogens is 2. The largest absolute Gasteiger partial charge is 0.455 e. The molecule has 178 valence electrons. The standard InChI is InChI=1S/C33H31N2O/c1-21-10-13-26-27-16-23-8-6-7-9-24(23)17-30(27)36-32(26)31(21)29-15-12-25(20-35(29)5)28-14-11-22(19-34-28)18-33(2,3)4/h6-17,19-20H,18H2,1-5H3/q+1/i18D2. The van der Waals surface area contributed by atoms with Crippen LogP contribution in [-0.4, -0.2) is 4.98 Å². The lowest BCUT2D eigenvalue weighted by molar-refractivity contribution is -0.659. The summed E-state index contributed by atoms with van der Waals surface area (Å²) in [5.41, 5.74) is 6.93. The summed E-state index contributed by atoms with van der Waals surface area (Å²) in [6, 6.07) is 25.0. The van der Waals surface area contributed by atoms with Crippen LogP contribution < -0.4 is 4.57 Å². The highest BCUT2D eigenvalue weighted by atomic mass is 16.3. The molecule has 36 heavy (non-hydrogen) atoms. The third kappa shape index (κ3) is 3.95. The van der Waals surface area contributed by atoms with Gasteiger partial charge in [-0.25, -0.2) is 4.57 Å². The molecule has 3 heterocycles. The van der Waals surface area contributed by atoms with Gasteiger partial charge in [-0.3, -0.25) is 4.98 Å². The van der Waals surface area contributed by atoms with E-state index in [-0.39, 0.29) is 0 Å². The molecule has 3 aromatic carbocycles. The molecule has 0 aliphatic carbocycles. The average Bonchev–Trinajstić information content (AvgIpc) is 3.24. The Morgan fingerprint density at radius 3 is 2.39 bits per heavy atom. The molecule has 3 nitrogen and oxygen atoms in total. The van der Waals surface area contributed by atoms with E-state index in [0.717, 1.165) is 50.0 Å². The molecule has 0 amide bonds. The van der Waals surface area contributed by atoms with Crippen molar-refractivity contribution in [1.29, 1.82) is 0 Å². The first-order valence-electron chi connectivity index (χ1n) is 13.4. The lowest BCUT2D eigenvalue weighted by Crippen LogP contribution is -2.31. The minimum Gasteiger partial charge on any atom is -0.455 e. The Balaban J connectivity index is 1.44. The predicted molar refractivity (Wildman–Crippen MR) is 149 cm³/mol. The van der Waals surface area contributed by atoms with Gasteiger partial charge in [0.25, 0.3) is 0 Å². The van der Waals surface area contributed by atoms with Crippen molar-refractivity contribution in [2.24, 2.45) is 12.5 Å². The summed E-state index contributed by atoms with van der Waals surface area (Å²) in [6.07, 6.45) is 2.27. The van der Waals surface area contributed by atoms with Crippen LogP contribution in [0, 0.1) is 12.3 Å². The zero-order valence-electron chi connectivity index (χ0n) is 23.4. The second kappa shape index (κ2) is 8.30. The molecule has 6 aromatic rings. The van der Waals surface area contributed by atoms with Crippen molar-refractivity contribution in [2.45, 2.75) is 34.1 Å². The Labute approximate surface area is 214 Å². The molecule has 0 unspecified atom stereocenters. The van der Waals surface area contributed by atoms with Gasteiger partial charge in [-0.1, -0.05) is 63.2 Å². The fourth-order valence-electron chi connectivity index (χ4n) is 5.03. The number of benzene rings is 3. The zero-order valence-corrected chi connectivity index (χ0v) is 21.4. The van der Waals surface area contributed by atoms with E-state index in [1.807, 2.05) is 40.0 Å². The van der Waals surface area contributed by atoms with Gasteiger partial charge in [-0.05, 0) is 64.9 Å². The van der Waals surface area contributed by atoms with Gasteiger partial charge in [0.1, 0.15) is 18.2 Å². The number of nitrogens with zero attached hydrogens (tertiary/aromatic N) is 2. The summed E-state index contributed by atoms with van der Waals surface area (Å²) >= 11 is 0. The van der Waals surface area contributed by atoms with E-state index in [0.29, 0.717) is 5.56 Å². The zero-order chi connectivity index (χ0) is 26.8. The first-order valence-corrected chi connectivity index (χ1v) is 12.4. The Kier molecular flexibility index (Phi) is 4.67. The van der Waals surface area contributed by atoms with Crippen LogP contribution in [0.3, 0.4) is 0 Å². The third-order valence-electron chi connectivity index (χ3n) is 6.68. The van der Waals surface area contributed by atoms with Crippen LogP contribution >= 0.6 is 0 Å². The van der Waals surface area contributed by atoms with Gasteiger partial charge in [-0.15, -0.1) is 0 Å². The normalized spacial score (nSPS) is 13.4. The molecular formula is C33H31N2O+. The lowest BCUT2D eigenvalue weighted by atomic mass is 9.89. The van der Waals surface area contributed by atoms with Crippen LogP contribution in [0.2, 0.25) is 0 Å². The number of furan rings is 1. The van der Waals surface area contributed by atoms with Gasteiger partial charge >= 0.3 is 0 Å². The highest BCUT2D eigenvalue weighted by Crippen LogP contribution is 2.38. The first-order chi connectivity index (χ1) is 18.0. The van der Waals surface area contributed by atoms with Gasteiger partial charge in [0.2, 0.25) is 5.69 Å². The van der Waals surface area contributed by atoms with E-state index in [9.17, 15) is 0 Å². The summed E-state index contributed by atoms with van der Waals surface area (Å²) in [4.78, 5) is 4.62. The number of fused-ring (bicyclic) bond motifs is 4. The summed E-state index contributed by atoms with van der Waals surface area (Å²) in [5, 5.41) is 4.61. The lowest BCUT2D eigenvalue weighted by Gasteiger charge is -2.17. The minimum absolute atomic E-state index is 0.521. The second-order valence-electron chi connectivity index (χ2n) is 10.7. The van der Waals surface area contributed by atoms with E-state index in [1.165, 1.54) is 10.8 Å². The van der Waals surface area contributed by atoms with Crippen molar-refractivity contribution >= 4 is 32.7 Å². The van der Waals surface area contributed by atoms with Crippen LogP contribution in [0.1, 0.15) is 34.6 Å². The Bertz CT molecular complexity index is 1840. The number of pyridine rings is 2. The molecule has 6 rings (SSSR count). The van der Waals surface area contributed by atoms with E-state index in [2.05, 4.69) is 83.3 Å². The summed E-state index contributed by atoms with van der Waals surface area (Å²) in [6.45, 7) is 7.85. The van der Waals surface area contributed by atoms with Crippen molar-refractivity contribution in [2.75, 3.05) is 0 Å². The fourth-order valence-corrected chi connectivity index (χ4v) is 5.03. The van der Waals surface area contributed by atoms with Gasteiger partial charge in [0.15, 0.2) is 6.20 Å². The summed E-state index contributed by atoms with van der Waals surface area (Å²) in [5.74, 6) is 0. The van der Waals surface area contributed by atoms with Crippen LogP contribution in [0.15, 0.2) is 89.6 Å². The Morgan fingerprint density at radius 2 is 1.69 bits per heavy atom. The van der Waals surface area contributed by atoms with Crippen LogP contribution in [0.5, 0.6) is 0 Å². The van der Waals surface area contributed by atoms with Crippen molar-refractivity contribution in [3.63, 3.8) is 0 Å². The van der Waals surface area contributed by atoms with Gasteiger partial charge < -0.3 is 4.42 Å². The Hall–Kier alpha value is -3.98. The molecule has 0 N–H and O–H groups in total. The first kappa shape index (κ1) is 20.2. The summed E-state index contributed by atoms with van der Waals surface area (Å²) in [7, 11) is 2.04. The smallest absolute Gasteiger partial charge is 0.216 e. The fraction of sp³-hybridized carbons (Fsp3) is 0.212. The monoisotopic (exact) mass is 473 g/mol. The predicted octanol–water partition coefficient (Wildman–Crippen LogP) is 8.19. The maximum atomic E-state index is 8.53. The highest BCUT2D eigenvalue weighted by molar-refractivity contribution is 6.13. The molecule has 0 radical (unpaired) electrons. The molecule has 3 heteroatoms. The van der Waals surface area contributed by atoms with E-state index in [4.69, 9.17) is 7.16 Å². The molecule has 0 aliphatic rings. The van der Waals surface area contributed by atoms with Crippen LogP contribution in [0.25, 0.3) is 55.2 Å². The molecule has 0 spiro atoms. The van der Waals surface area contributed by atoms with E-state index >= 15 is 0 Å². The van der Waals surface area contributed by atoms with E-state index < -0.39 is 11.8 Å². The third-order valence-corrected chi connectivity index (χ3v) is 6.68. The Morgan fingerprint density at radius 1 is 0.917 bits per heavy atom. The molecule has 0 saturated carbocycles.